The van der Waals surface area contributed by atoms with Gasteiger partial charge < -0.3 is 19.0 Å². The molecule has 24 heavy (non-hydrogen) atoms. The molecule has 0 amide bonds. The molecule has 3 rings (SSSR count). The summed E-state index contributed by atoms with van der Waals surface area (Å²) in [6.45, 7) is 7.78. The number of benzene rings is 1. The van der Waals surface area contributed by atoms with Crippen LogP contribution in [0.5, 0.6) is 0 Å². The van der Waals surface area contributed by atoms with Crippen molar-refractivity contribution < 1.29 is 13.9 Å². The van der Waals surface area contributed by atoms with E-state index in [2.05, 4.69) is 46.0 Å². The number of carbonyl (C=O) groups is 1. The predicted octanol–water partition coefficient (Wildman–Crippen LogP) is 2.88. The van der Waals surface area contributed by atoms with Crippen molar-refractivity contribution in [1.82, 2.24) is 4.98 Å². The molecule has 0 bridgehead atoms. The number of aryl methyl sites for hydroxylation is 1. The lowest BCUT2D eigenvalue weighted by Crippen LogP contribution is -2.31. The third-order valence-corrected chi connectivity index (χ3v) is 4.20. The van der Waals surface area contributed by atoms with Crippen molar-refractivity contribution in [2.45, 2.75) is 20.3 Å². The summed E-state index contributed by atoms with van der Waals surface area (Å²) in [5.74, 6) is -0.441. The number of rotatable bonds is 4. The lowest BCUT2D eigenvalue weighted by molar-refractivity contribution is 0.0519. The van der Waals surface area contributed by atoms with E-state index in [0.29, 0.717) is 12.6 Å². The molecule has 0 N–H and O–H groups in total. The van der Waals surface area contributed by atoms with Crippen LogP contribution >= 0.6 is 0 Å². The first-order chi connectivity index (χ1) is 11.7. The van der Waals surface area contributed by atoms with Crippen molar-refractivity contribution in [3.05, 3.63) is 41.8 Å². The van der Waals surface area contributed by atoms with E-state index in [-0.39, 0.29) is 5.69 Å². The van der Waals surface area contributed by atoms with E-state index in [4.69, 9.17) is 9.15 Å². The molecular formula is C18H23N3O3. The largest absolute Gasteiger partial charge is 0.461 e. The Labute approximate surface area is 142 Å². The second-order valence-electron chi connectivity index (χ2n) is 5.85. The zero-order valence-corrected chi connectivity index (χ0v) is 14.2. The van der Waals surface area contributed by atoms with Crippen molar-refractivity contribution in [3.63, 3.8) is 0 Å². The molecular weight excluding hydrogens is 306 g/mol. The molecule has 1 fully saturated rings. The molecule has 0 aliphatic carbocycles. The van der Waals surface area contributed by atoms with E-state index >= 15 is 0 Å². The summed E-state index contributed by atoms with van der Waals surface area (Å²) >= 11 is 0. The lowest BCUT2D eigenvalue weighted by Gasteiger charge is -2.24. The van der Waals surface area contributed by atoms with Crippen molar-refractivity contribution >= 4 is 17.7 Å². The van der Waals surface area contributed by atoms with Crippen LogP contribution in [0, 0.1) is 6.92 Å². The van der Waals surface area contributed by atoms with Gasteiger partial charge in [-0.15, -0.1) is 0 Å². The van der Waals surface area contributed by atoms with Gasteiger partial charge >= 0.3 is 5.97 Å². The highest BCUT2D eigenvalue weighted by Crippen LogP contribution is 2.23. The van der Waals surface area contributed by atoms with Crippen LogP contribution in [0.3, 0.4) is 0 Å². The average Bonchev–Trinajstić information content (AvgIpc) is 2.95. The van der Waals surface area contributed by atoms with Gasteiger partial charge in [0.05, 0.1) is 6.61 Å². The first kappa shape index (κ1) is 16.4. The summed E-state index contributed by atoms with van der Waals surface area (Å²) in [7, 11) is 0. The average molecular weight is 329 g/mol. The van der Waals surface area contributed by atoms with Crippen LogP contribution in [-0.4, -0.2) is 43.7 Å². The summed E-state index contributed by atoms with van der Waals surface area (Å²) in [4.78, 5) is 20.5. The highest BCUT2D eigenvalue weighted by atomic mass is 16.5. The summed E-state index contributed by atoms with van der Waals surface area (Å²) in [6, 6.07) is 8.93. The van der Waals surface area contributed by atoms with Crippen LogP contribution in [0.2, 0.25) is 0 Å². The lowest BCUT2D eigenvalue weighted by atomic mass is 10.2. The second-order valence-corrected chi connectivity index (χ2v) is 5.85. The van der Waals surface area contributed by atoms with Crippen molar-refractivity contribution in [2.24, 2.45) is 0 Å². The van der Waals surface area contributed by atoms with Gasteiger partial charge in [-0.25, -0.2) is 4.79 Å². The minimum atomic E-state index is -0.441. The maximum absolute atomic E-state index is 11.7. The number of esters is 1. The number of hydrogen-bond acceptors (Lipinski definition) is 6. The van der Waals surface area contributed by atoms with Crippen LogP contribution in [-0.2, 0) is 4.74 Å². The molecule has 0 radical (unpaired) electrons. The standard InChI is InChI=1S/C18H23N3O3/c1-3-23-17(22)15-13-24-18(19-15)21-10-6-9-20(11-12-21)16-8-5-4-7-14(16)2/h4-5,7-8,13H,3,6,9-12H2,1-2H3. The Morgan fingerprint density at radius 3 is 2.75 bits per heavy atom. The smallest absolute Gasteiger partial charge is 0.360 e. The molecule has 6 nitrogen and oxygen atoms in total. The summed E-state index contributed by atoms with van der Waals surface area (Å²) < 4.78 is 10.4. The van der Waals surface area contributed by atoms with Crippen molar-refractivity contribution in [2.75, 3.05) is 42.6 Å². The molecule has 0 spiro atoms. The normalized spacial score (nSPS) is 15.2. The van der Waals surface area contributed by atoms with Crippen LogP contribution in [0.15, 0.2) is 34.9 Å². The molecule has 6 heteroatoms. The van der Waals surface area contributed by atoms with E-state index in [1.807, 2.05) is 0 Å². The molecule has 2 aromatic rings. The number of para-hydroxylation sites is 1. The highest BCUT2D eigenvalue weighted by molar-refractivity contribution is 5.87. The quantitative estimate of drug-likeness (QED) is 0.804. The fourth-order valence-corrected chi connectivity index (χ4v) is 2.98. The molecule has 1 aliphatic heterocycles. The predicted molar refractivity (Wildman–Crippen MR) is 92.7 cm³/mol. The first-order valence-electron chi connectivity index (χ1n) is 8.37. The van der Waals surface area contributed by atoms with Crippen LogP contribution in [0.4, 0.5) is 11.7 Å². The zero-order valence-electron chi connectivity index (χ0n) is 14.2. The first-order valence-corrected chi connectivity index (χ1v) is 8.37. The highest BCUT2D eigenvalue weighted by Gasteiger charge is 2.21. The van der Waals surface area contributed by atoms with Gasteiger partial charge in [0.15, 0.2) is 5.69 Å². The monoisotopic (exact) mass is 329 g/mol. The van der Waals surface area contributed by atoms with E-state index in [1.54, 1.807) is 6.92 Å². The summed E-state index contributed by atoms with van der Waals surface area (Å²) in [5.41, 5.74) is 2.79. The number of carbonyl (C=O) groups excluding carboxylic acids is 1. The molecule has 2 heterocycles. The summed E-state index contributed by atoms with van der Waals surface area (Å²) in [5, 5.41) is 0. The number of ether oxygens (including phenoxy) is 1. The topological polar surface area (TPSA) is 58.8 Å². The maximum atomic E-state index is 11.7. The summed E-state index contributed by atoms with van der Waals surface area (Å²) in [6.07, 6.45) is 2.38. The Bertz CT molecular complexity index is 698. The molecule has 0 unspecified atom stereocenters. The third kappa shape index (κ3) is 3.53. The Morgan fingerprint density at radius 2 is 1.96 bits per heavy atom. The Kier molecular flexibility index (Phi) is 5.03. The van der Waals surface area contributed by atoms with Crippen LogP contribution < -0.4 is 9.80 Å². The molecule has 1 aromatic carbocycles. The Hall–Kier alpha value is -2.50. The number of aromatic nitrogens is 1. The van der Waals surface area contributed by atoms with E-state index < -0.39 is 5.97 Å². The Balaban J connectivity index is 1.68. The minimum Gasteiger partial charge on any atom is -0.461 e. The zero-order chi connectivity index (χ0) is 16.9. The van der Waals surface area contributed by atoms with Gasteiger partial charge in [-0.1, -0.05) is 18.2 Å². The van der Waals surface area contributed by atoms with Crippen molar-refractivity contribution in [3.8, 4) is 0 Å². The molecule has 1 aliphatic rings. The van der Waals surface area contributed by atoms with Gasteiger partial charge in [-0.2, -0.15) is 4.98 Å². The fourth-order valence-electron chi connectivity index (χ4n) is 2.98. The van der Waals surface area contributed by atoms with E-state index in [0.717, 1.165) is 32.6 Å². The maximum Gasteiger partial charge on any atom is 0.360 e. The Morgan fingerprint density at radius 1 is 1.21 bits per heavy atom. The van der Waals surface area contributed by atoms with Crippen LogP contribution in [0.1, 0.15) is 29.4 Å². The SMILES string of the molecule is CCOC(=O)c1coc(N2CCCN(c3ccccc3C)CC2)n1. The number of nitrogens with zero attached hydrogens (tertiary/aromatic N) is 3. The van der Waals surface area contributed by atoms with E-state index in [9.17, 15) is 4.79 Å². The van der Waals surface area contributed by atoms with Gasteiger partial charge in [0, 0.05) is 31.9 Å². The molecule has 128 valence electrons. The van der Waals surface area contributed by atoms with Gasteiger partial charge in [0.2, 0.25) is 0 Å². The molecule has 1 saturated heterocycles. The van der Waals surface area contributed by atoms with E-state index in [1.165, 1.54) is 17.5 Å². The van der Waals surface area contributed by atoms with Crippen LogP contribution in [0.25, 0.3) is 0 Å². The third-order valence-electron chi connectivity index (χ3n) is 4.20. The number of anilines is 2. The molecule has 0 saturated carbocycles. The second kappa shape index (κ2) is 7.38. The van der Waals surface area contributed by atoms with Crippen molar-refractivity contribution in [1.29, 1.82) is 0 Å². The fraction of sp³-hybridized carbons (Fsp3) is 0.444. The molecule has 0 atom stereocenters. The van der Waals surface area contributed by atoms with Gasteiger partial charge in [-0.05, 0) is 31.9 Å². The number of hydrogen-bond donors (Lipinski definition) is 0. The van der Waals surface area contributed by atoms with Gasteiger partial charge in [0.1, 0.15) is 6.26 Å². The number of oxazole rings is 1. The molecule has 1 aromatic heterocycles. The van der Waals surface area contributed by atoms with Gasteiger partial charge in [-0.3, -0.25) is 0 Å². The van der Waals surface area contributed by atoms with Gasteiger partial charge in [0.25, 0.3) is 6.01 Å². The minimum absolute atomic E-state index is 0.229.